The molecule has 0 fully saturated rings. The van der Waals surface area contributed by atoms with E-state index in [-0.39, 0.29) is 11.2 Å². The molecule has 0 unspecified atom stereocenters. The predicted octanol–water partition coefficient (Wildman–Crippen LogP) is 2.42. The fourth-order valence-corrected chi connectivity index (χ4v) is 1.64. The van der Waals surface area contributed by atoms with Gasteiger partial charge in [-0.2, -0.15) is 0 Å². The molecule has 0 amide bonds. The summed E-state index contributed by atoms with van der Waals surface area (Å²) in [6, 6.07) is 5.11. The number of nitrogens with zero attached hydrogens (tertiary/aromatic N) is 2. The Morgan fingerprint density at radius 1 is 1.33 bits per heavy atom. The van der Waals surface area contributed by atoms with Gasteiger partial charge in [-0.15, -0.1) is 0 Å². The van der Waals surface area contributed by atoms with E-state index >= 15 is 0 Å². The second kappa shape index (κ2) is 7.38. The molecular weight excluding hydrogens is 270 g/mol. The lowest BCUT2D eigenvalue weighted by Crippen LogP contribution is -2.35. The van der Waals surface area contributed by atoms with Gasteiger partial charge >= 0.3 is 5.69 Å². The molecule has 0 aliphatic rings. The second-order valence-electron chi connectivity index (χ2n) is 6.31. The van der Waals surface area contributed by atoms with Crippen LogP contribution in [0, 0.1) is 10.1 Å². The number of nitro groups is 1. The van der Waals surface area contributed by atoms with E-state index in [1.54, 1.807) is 12.1 Å². The summed E-state index contributed by atoms with van der Waals surface area (Å²) in [7, 11) is 3.86. The van der Waals surface area contributed by atoms with Crippen LogP contribution in [-0.2, 0) is 6.54 Å². The zero-order valence-corrected chi connectivity index (χ0v) is 13.5. The molecule has 6 heteroatoms. The summed E-state index contributed by atoms with van der Waals surface area (Å²) in [5.41, 5.74) is 0.855. The molecule has 0 aromatic heterocycles. The highest BCUT2D eigenvalue weighted by molar-refractivity contribution is 5.48. The first-order valence-electron chi connectivity index (χ1n) is 6.99. The summed E-state index contributed by atoms with van der Waals surface area (Å²) in [5.74, 6) is 0.321. The van der Waals surface area contributed by atoms with Gasteiger partial charge in [-0.1, -0.05) is 6.07 Å². The molecule has 0 heterocycles. The molecule has 1 aromatic carbocycles. The Hall–Kier alpha value is -1.66. The quantitative estimate of drug-likeness (QED) is 0.618. The van der Waals surface area contributed by atoms with Gasteiger partial charge in [0.25, 0.3) is 0 Å². The van der Waals surface area contributed by atoms with Crippen molar-refractivity contribution in [2.45, 2.75) is 32.9 Å². The Bertz CT molecular complexity index is 482. The Kier molecular flexibility index (Phi) is 6.11. The van der Waals surface area contributed by atoms with Gasteiger partial charge in [0.1, 0.15) is 6.61 Å². The van der Waals surface area contributed by atoms with Crippen molar-refractivity contribution in [1.82, 2.24) is 10.2 Å². The molecule has 0 saturated carbocycles. The summed E-state index contributed by atoms with van der Waals surface area (Å²) in [4.78, 5) is 12.7. The molecule has 0 spiro atoms. The number of ether oxygens (including phenoxy) is 1. The third kappa shape index (κ3) is 6.55. The zero-order chi connectivity index (χ0) is 16.0. The third-order valence-electron chi connectivity index (χ3n) is 2.84. The molecule has 21 heavy (non-hydrogen) atoms. The van der Waals surface area contributed by atoms with Crippen molar-refractivity contribution in [3.05, 3.63) is 33.9 Å². The summed E-state index contributed by atoms with van der Waals surface area (Å²) < 4.78 is 5.51. The highest BCUT2D eigenvalue weighted by Crippen LogP contribution is 2.28. The van der Waals surface area contributed by atoms with Gasteiger partial charge in [0.2, 0.25) is 0 Å². The largest absolute Gasteiger partial charge is 0.485 e. The molecule has 6 nitrogen and oxygen atoms in total. The number of nitrogens with one attached hydrogen (secondary N) is 1. The monoisotopic (exact) mass is 295 g/mol. The van der Waals surface area contributed by atoms with Crippen molar-refractivity contribution in [1.29, 1.82) is 0 Å². The molecule has 0 aliphatic heterocycles. The molecule has 0 aliphatic carbocycles. The van der Waals surface area contributed by atoms with Gasteiger partial charge in [0.15, 0.2) is 5.75 Å². The SMILES string of the molecule is CN(C)CCOc1ccc(CNC(C)(C)C)cc1[N+](=O)[O-]. The second-order valence-corrected chi connectivity index (χ2v) is 6.31. The number of hydrogen-bond acceptors (Lipinski definition) is 5. The van der Waals surface area contributed by atoms with E-state index in [1.165, 1.54) is 0 Å². The first kappa shape index (κ1) is 17.4. The van der Waals surface area contributed by atoms with Crippen molar-refractivity contribution in [3.8, 4) is 5.75 Å². The highest BCUT2D eigenvalue weighted by Gasteiger charge is 2.17. The molecule has 0 bridgehead atoms. The van der Waals surface area contributed by atoms with Crippen LogP contribution >= 0.6 is 0 Å². The van der Waals surface area contributed by atoms with E-state index in [9.17, 15) is 10.1 Å². The maximum atomic E-state index is 11.2. The van der Waals surface area contributed by atoms with Crippen LogP contribution in [0.3, 0.4) is 0 Å². The van der Waals surface area contributed by atoms with E-state index in [0.29, 0.717) is 25.4 Å². The average Bonchev–Trinajstić information content (AvgIpc) is 2.35. The van der Waals surface area contributed by atoms with Crippen LogP contribution in [0.15, 0.2) is 18.2 Å². The number of likely N-dealkylation sites (N-methyl/N-ethyl adjacent to an activating group) is 1. The lowest BCUT2D eigenvalue weighted by molar-refractivity contribution is -0.385. The third-order valence-corrected chi connectivity index (χ3v) is 2.84. The van der Waals surface area contributed by atoms with Gasteiger partial charge in [0, 0.05) is 24.7 Å². The van der Waals surface area contributed by atoms with E-state index < -0.39 is 4.92 Å². The van der Waals surface area contributed by atoms with Crippen LogP contribution in [0.4, 0.5) is 5.69 Å². The number of benzene rings is 1. The van der Waals surface area contributed by atoms with Gasteiger partial charge in [-0.25, -0.2) is 0 Å². The van der Waals surface area contributed by atoms with Gasteiger partial charge in [-0.3, -0.25) is 10.1 Å². The first-order valence-corrected chi connectivity index (χ1v) is 6.99. The van der Waals surface area contributed by atoms with Crippen LogP contribution < -0.4 is 10.1 Å². The Balaban J connectivity index is 2.79. The topological polar surface area (TPSA) is 67.6 Å². The Labute approximate surface area is 126 Å². The van der Waals surface area contributed by atoms with Crippen LogP contribution in [0.5, 0.6) is 5.75 Å². The first-order chi connectivity index (χ1) is 9.69. The maximum Gasteiger partial charge on any atom is 0.311 e. The number of rotatable bonds is 7. The van der Waals surface area contributed by atoms with Gasteiger partial charge in [-0.05, 0) is 46.5 Å². The van der Waals surface area contributed by atoms with Crippen molar-refractivity contribution < 1.29 is 9.66 Å². The predicted molar refractivity (Wildman–Crippen MR) is 83.7 cm³/mol. The van der Waals surface area contributed by atoms with Crippen LogP contribution in [0.1, 0.15) is 26.3 Å². The van der Waals surface area contributed by atoms with Crippen molar-refractivity contribution in [2.24, 2.45) is 0 Å². The summed E-state index contributed by atoms with van der Waals surface area (Å²) >= 11 is 0. The lowest BCUT2D eigenvalue weighted by atomic mass is 10.1. The fraction of sp³-hybridized carbons (Fsp3) is 0.600. The van der Waals surface area contributed by atoms with Gasteiger partial charge < -0.3 is 15.0 Å². The van der Waals surface area contributed by atoms with Crippen LogP contribution in [0.25, 0.3) is 0 Å². The molecule has 1 rings (SSSR count). The maximum absolute atomic E-state index is 11.2. The van der Waals surface area contributed by atoms with Crippen LogP contribution in [0.2, 0.25) is 0 Å². The average molecular weight is 295 g/mol. The standard InChI is InChI=1S/C15H25N3O3/c1-15(2,3)16-11-12-6-7-14(13(10-12)18(19)20)21-9-8-17(4)5/h6-7,10,16H,8-9,11H2,1-5H3. The molecule has 0 radical (unpaired) electrons. The smallest absolute Gasteiger partial charge is 0.311 e. The molecule has 0 saturated heterocycles. The molecule has 1 aromatic rings. The fourth-order valence-electron chi connectivity index (χ4n) is 1.64. The molecule has 0 atom stereocenters. The summed E-state index contributed by atoms with van der Waals surface area (Å²) in [5, 5.41) is 14.5. The minimum absolute atomic E-state index is 0.0157. The lowest BCUT2D eigenvalue weighted by Gasteiger charge is -2.20. The highest BCUT2D eigenvalue weighted by atomic mass is 16.6. The Morgan fingerprint density at radius 2 is 2.00 bits per heavy atom. The number of hydrogen-bond donors (Lipinski definition) is 1. The van der Waals surface area contributed by atoms with E-state index in [1.807, 2.05) is 25.1 Å². The minimum Gasteiger partial charge on any atom is -0.485 e. The van der Waals surface area contributed by atoms with Crippen molar-refractivity contribution in [2.75, 3.05) is 27.2 Å². The molecule has 1 N–H and O–H groups in total. The van der Waals surface area contributed by atoms with Crippen molar-refractivity contribution >= 4 is 5.69 Å². The molecule has 118 valence electrons. The van der Waals surface area contributed by atoms with Crippen LogP contribution in [-0.4, -0.2) is 42.6 Å². The van der Waals surface area contributed by atoms with E-state index in [0.717, 1.165) is 5.56 Å². The van der Waals surface area contributed by atoms with E-state index in [2.05, 4.69) is 26.1 Å². The summed E-state index contributed by atoms with van der Waals surface area (Å²) in [6.07, 6.45) is 0. The normalized spacial score (nSPS) is 11.7. The minimum atomic E-state index is -0.397. The molecular formula is C15H25N3O3. The Morgan fingerprint density at radius 3 is 2.52 bits per heavy atom. The van der Waals surface area contributed by atoms with Crippen molar-refractivity contribution in [3.63, 3.8) is 0 Å². The number of nitro benzene ring substituents is 1. The zero-order valence-electron chi connectivity index (χ0n) is 13.5. The van der Waals surface area contributed by atoms with E-state index in [4.69, 9.17) is 4.74 Å². The van der Waals surface area contributed by atoms with Gasteiger partial charge in [0.05, 0.1) is 4.92 Å². The summed E-state index contributed by atoms with van der Waals surface area (Å²) in [6.45, 7) is 7.89.